The summed E-state index contributed by atoms with van der Waals surface area (Å²) >= 11 is 0. The molecule has 8 nitrogen and oxygen atoms in total. The predicted octanol–water partition coefficient (Wildman–Crippen LogP) is 0.892. The number of carbonyl (C=O) groups excluding carboxylic acids is 3. The first-order valence-corrected chi connectivity index (χ1v) is 11.1. The zero-order valence-electron chi connectivity index (χ0n) is 17.6. The first-order valence-electron chi connectivity index (χ1n) is 11.1. The molecule has 0 unspecified atom stereocenters. The second kappa shape index (κ2) is 10.9. The molecule has 0 aromatic rings. The zero-order valence-corrected chi connectivity index (χ0v) is 17.6. The number of carbonyl (C=O) groups is 3. The number of esters is 1. The van der Waals surface area contributed by atoms with Crippen molar-refractivity contribution in [3.8, 4) is 0 Å². The normalized spacial score (nSPS) is 22.5. The maximum Gasteiger partial charge on any atom is 0.306 e. The second-order valence-corrected chi connectivity index (χ2v) is 8.15. The minimum absolute atomic E-state index is 0.00498. The Hall–Kier alpha value is -1.67. The molecule has 3 aliphatic rings. The summed E-state index contributed by atoms with van der Waals surface area (Å²) in [4.78, 5) is 43.3. The van der Waals surface area contributed by atoms with Gasteiger partial charge in [0, 0.05) is 45.7 Å². The summed E-state index contributed by atoms with van der Waals surface area (Å²) in [6, 6.07) is -0.0765. The number of hydrogen-bond donors (Lipinski definition) is 0. The van der Waals surface area contributed by atoms with Gasteiger partial charge in [0.2, 0.25) is 11.8 Å². The monoisotopic (exact) mass is 409 g/mol. The number of rotatable bonds is 7. The van der Waals surface area contributed by atoms with E-state index in [1.807, 2.05) is 9.80 Å². The highest BCUT2D eigenvalue weighted by Gasteiger charge is 2.39. The number of morpholine rings is 1. The van der Waals surface area contributed by atoms with Gasteiger partial charge in [-0.15, -0.1) is 0 Å². The van der Waals surface area contributed by atoms with Crippen molar-refractivity contribution >= 4 is 17.8 Å². The van der Waals surface area contributed by atoms with Gasteiger partial charge in [0.25, 0.3) is 0 Å². The summed E-state index contributed by atoms with van der Waals surface area (Å²) in [7, 11) is 0. The van der Waals surface area contributed by atoms with E-state index < -0.39 is 0 Å². The van der Waals surface area contributed by atoms with E-state index in [9.17, 15) is 14.4 Å². The van der Waals surface area contributed by atoms with Crippen LogP contribution in [0.5, 0.6) is 0 Å². The van der Waals surface area contributed by atoms with Crippen molar-refractivity contribution in [2.75, 3.05) is 59.1 Å². The predicted molar refractivity (Wildman–Crippen MR) is 107 cm³/mol. The quantitative estimate of drug-likeness (QED) is 0.581. The van der Waals surface area contributed by atoms with E-state index in [4.69, 9.17) is 9.47 Å². The Bertz CT molecular complexity index is 565. The summed E-state index contributed by atoms with van der Waals surface area (Å²) in [5.41, 5.74) is 0. The first-order chi connectivity index (χ1) is 14.1. The summed E-state index contributed by atoms with van der Waals surface area (Å²) in [6.45, 7) is 7.33. The molecule has 0 radical (unpaired) electrons. The van der Waals surface area contributed by atoms with Crippen LogP contribution in [0.1, 0.15) is 45.4 Å². The Labute approximate surface area is 173 Å². The molecule has 2 aliphatic heterocycles. The molecule has 1 saturated carbocycles. The van der Waals surface area contributed by atoms with Gasteiger partial charge in [-0.25, -0.2) is 0 Å². The Morgan fingerprint density at radius 3 is 2.21 bits per heavy atom. The molecule has 8 heteroatoms. The Balaban J connectivity index is 1.54. The molecule has 2 saturated heterocycles. The third-order valence-electron chi connectivity index (χ3n) is 6.33. The van der Waals surface area contributed by atoms with Crippen LogP contribution in [0.2, 0.25) is 0 Å². The van der Waals surface area contributed by atoms with E-state index in [1.165, 1.54) is 12.8 Å². The van der Waals surface area contributed by atoms with Crippen LogP contribution in [0.25, 0.3) is 0 Å². The van der Waals surface area contributed by atoms with Gasteiger partial charge in [-0.3, -0.25) is 19.3 Å². The van der Waals surface area contributed by atoms with Crippen LogP contribution in [-0.2, 0) is 23.9 Å². The highest BCUT2D eigenvalue weighted by molar-refractivity contribution is 5.83. The lowest BCUT2D eigenvalue weighted by Gasteiger charge is -2.43. The smallest absolute Gasteiger partial charge is 0.306 e. The Morgan fingerprint density at radius 2 is 1.59 bits per heavy atom. The molecule has 3 rings (SSSR count). The lowest BCUT2D eigenvalue weighted by Crippen LogP contribution is -2.59. The molecule has 1 aliphatic carbocycles. The van der Waals surface area contributed by atoms with Gasteiger partial charge in [0.05, 0.1) is 32.3 Å². The van der Waals surface area contributed by atoms with Crippen LogP contribution in [0, 0.1) is 5.92 Å². The van der Waals surface area contributed by atoms with E-state index in [-0.39, 0.29) is 36.7 Å². The average Bonchev–Trinajstić information content (AvgIpc) is 3.28. The molecule has 0 spiro atoms. The largest absolute Gasteiger partial charge is 0.466 e. The van der Waals surface area contributed by atoms with Crippen molar-refractivity contribution in [3.63, 3.8) is 0 Å². The minimum Gasteiger partial charge on any atom is -0.466 e. The van der Waals surface area contributed by atoms with Crippen molar-refractivity contribution in [1.29, 1.82) is 0 Å². The fraction of sp³-hybridized carbons (Fsp3) is 0.857. The SMILES string of the molecule is CCOC(=O)CCC(=O)N1CCN([C@H](C(=O)N2CCOCC2)C2CCCC2)CC1. The number of amides is 2. The van der Waals surface area contributed by atoms with E-state index in [1.54, 1.807) is 6.92 Å². The molecule has 3 fully saturated rings. The van der Waals surface area contributed by atoms with Gasteiger partial charge in [-0.1, -0.05) is 12.8 Å². The van der Waals surface area contributed by atoms with Crippen LogP contribution < -0.4 is 0 Å². The minimum atomic E-state index is -0.322. The van der Waals surface area contributed by atoms with Crippen molar-refractivity contribution in [2.24, 2.45) is 5.92 Å². The third-order valence-corrected chi connectivity index (χ3v) is 6.33. The van der Waals surface area contributed by atoms with Crippen LogP contribution in [0.3, 0.4) is 0 Å². The first kappa shape index (κ1) is 22.0. The average molecular weight is 410 g/mol. The maximum atomic E-state index is 13.3. The van der Waals surface area contributed by atoms with Crippen LogP contribution in [-0.4, -0.2) is 97.6 Å². The highest BCUT2D eigenvalue weighted by atomic mass is 16.5. The third kappa shape index (κ3) is 5.92. The fourth-order valence-corrected chi connectivity index (χ4v) is 4.75. The summed E-state index contributed by atoms with van der Waals surface area (Å²) in [5, 5.41) is 0. The van der Waals surface area contributed by atoms with E-state index >= 15 is 0 Å². The molecule has 29 heavy (non-hydrogen) atoms. The lowest BCUT2D eigenvalue weighted by atomic mass is 9.94. The van der Waals surface area contributed by atoms with Crippen LogP contribution in [0.4, 0.5) is 0 Å². The van der Waals surface area contributed by atoms with Gasteiger partial charge in [0.15, 0.2) is 0 Å². The molecular weight excluding hydrogens is 374 g/mol. The number of hydrogen-bond acceptors (Lipinski definition) is 6. The zero-order chi connectivity index (χ0) is 20.6. The summed E-state index contributed by atoms with van der Waals surface area (Å²) < 4.78 is 10.3. The molecule has 1 atom stereocenters. The number of ether oxygens (including phenoxy) is 2. The molecule has 0 bridgehead atoms. The summed E-state index contributed by atoms with van der Waals surface area (Å²) in [5.74, 6) is 0.324. The summed E-state index contributed by atoms with van der Waals surface area (Å²) in [6.07, 6.45) is 4.94. The number of piperazine rings is 1. The van der Waals surface area contributed by atoms with Gasteiger partial charge >= 0.3 is 5.97 Å². The molecule has 0 aromatic carbocycles. The molecule has 164 valence electrons. The Morgan fingerprint density at radius 1 is 0.931 bits per heavy atom. The van der Waals surface area contributed by atoms with Crippen molar-refractivity contribution in [2.45, 2.75) is 51.5 Å². The molecule has 2 amide bonds. The molecule has 0 N–H and O–H groups in total. The highest BCUT2D eigenvalue weighted by Crippen LogP contribution is 2.32. The van der Waals surface area contributed by atoms with Crippen molar-refractivity contribution < 1.29 is 23.9 Å². The number of nitrogens with zero attached hydrogens (tertiary/aromatic N) is 3. The lowest BCUT2D eigenvalue weighted by molar-refractivity contribution is -0.148. The van der Waals surface area contributed by atoms with Crippen LogP contribution in [0.15, 0.2) is 0 Å². The molecule has 2 heterocycles. The van der Waals surface area contributed by atoms with E-state index in [0.29, 0.717) is 65.0 Å². The van der Waals surface area contributed by atoms with Gasteiger partial charge in [-0.05, 0) is 25.7 Å². The maximum absolute atomic E-state index is 13.3. The van der Waals surface area contributed by atoms with E-state index in [2.05, 4.69) is 4.90 Å². The van der Waals surface area contributed by atoms with Gasteiger partial charge < -0.3 is 19.3 Å². The topological polar surface area (TPSA) is 79.4 Å². The van der Waals surface area contributed by atoms with Crippen LogP contribution >= 0.6 is 0 Å². The Kier molecular flexibility index (Phi) is 8.29. The second-order valence-electron chi connectivity index (χ2n) is 8.15. The van der Waals surface area contributed by atoms with Crippen molar-refractivity contribution in [3.05, 3.63) is 0 Å². The van der Waals surface area contributed by atoms with Crippen molar-refractivity contribution in [1.82, 2.24) is 14.7 Å². The van der Waals surface area contributed by atoms with Gasteiger partial charge in [0.1, 0.15) is 0 Å². The molecular formula is C21H35N3O5. The standard InChI is InChI=1S/C21H35N3O5/c1-2-29-19(26)8-7-18(25)22-9-11-23(12-10-22)20(17-5-3-4-6-17)21(27)24-13-15-28-16-14-24/h17,20H,2-16H2,1H3/t20-/m0/s1. The van der Waals surface area contributed by atoms with E-state index in [0.717, 1.165) is 12.8 Å². The fourth-order valence-electron chi connectivity index (χ4n) is 4.75. The van der Waals surface area contributed by atoms with Gasteiger partial charge in [-0.2, -0.15) is 0 Å². The molecule has 0 aromatic heterocycles.